The molecule has 0 aliphatic rings. The zero-order chi connectivity index (χ0) is 14.1. The van der Waals surface area contributed by atoms with Gasteiger partial charge in [-0.1, -0.05) is 44.2 Å². The highest BCUT2D eigenvalue weighted by Gasteiger charge is 2.01. The first-order valence-electron chi connectivity index (χ1n) is 6.50. The number of hydrogen-bond donors (Lipinski definition) is 2. The van der Waals surface area contributed by atoms with Crippen LogP contribution in [0.1, 0.15) is 19.4 Å². The largest absolute Gasteiger partial charge is 0.370 e. The highest BCUT2D eigenvalue weighted by Crippen LogP contribution is 2.02. The number of nitrogens with two attached hydrogens (primary N) is 1. The molecule has 19 heavy (non-hydrogen) atoms. The van der Waals surface area contributed by atoms with E-state index in [1.54, 1.807) is 0 Å². The summed E-state index contributed by atoms with van der Waals surface area (Å²) in [5.41, 5.74) is 6.80. The summed E-state index contributed by atoms with van der Waals surface area (Å²) in [5.74, 6) is 2.09. The van der Waals surface area contributed by atoms with Crippen LogP contribution in [0.5, 0.6) is 0 Å². The predicted octanol–water partition coefficient (Wildman–Crippen LogP) is 1.50. The lowest BCUT2D eigenvalue weighted by molar-refractivity contribution is 0.661. The van der Waals surface area contributed by atoms with Crippen LogP contribution in [0.4, 0.5) is 0 Å². The molecule has 3 N–H and O–H groups in total. The standard InChI is InChI=1S/C14H23N3OS/c1-12(2)10-17-14(15)16-8-9-19(18)11-13-6-4-3-5-7-13/h3-7,12H,8-11H2,1-2H3,(H3,15,16,17). The minimum Gasteiger partial charge on any atom is -0.370 e. The molecule has 1 rings (SSSR count). The molecule has 0 aromatic heterocycles. The normalized spacial score (nSPS) is 13.5. The van der Waals surface area contributed by atoms with Gasteiger partial charge in [-0.15, -0.1) is 0 Å². The Morgan fingerprint density at radius 3 is 2.68 bits per heavy atom. The van der Waals surface area contributed by atoms with Gasteiger partial charge in [0.05, 0.1) is 0 Å². The Hall–Kier alpha value is -1.36. The van der Waals surface area contributed by atoms with Gasteiger partial charge in [-0.05, 0) is 11.5 Å². The summed E-state index contributed by atoms with van der Waals surface area (Å²) in [5, 5.41) is 2.99. The third kappa shape index (κ3) is 7.62. The van der Waals surface area contributed by atoms with Gasteiger partial charge in [-0.25, -0.2) is 0 Å². The Labute approximate surface area is 118 Å². The third-order valence-electron chi connectivity index (χ3n) is 2.43. The van der Waals surface area contributed by atoms with E-state index in [1.807, 2.05) is 30.3 Å². The van der Waals surface area contributed by atoms with Crippen LogP contribution in [-0.2, 0) is 16.6 Å². The highest BCUT2D eigenvalue weighted by molar-refractivity contribution is 7.84. The molecule has 0 spiro atoms. The van der Waals surface area contributed by atoms with Crippen LogP contribution in [0.25, 0.3) is 0 Å². The fraction of sp³-hybridized carbons (Fsp3) is 0.500. The predicted molar refractivity (Wildman–Crippen MR) is 82.5 cm³/mol. The van der Waals surface area contributed by atoms with Gasteiger partial charge < -0.3 is 11.1 Å². The average molecular weight is 281 g/mol. The smallest absolute Gasteiger partial charge is 0.188 e. The molecule has 4 nitrogen and oxygen atoms in total. The van der Waals surface area contributed by atoms with E-state index in [9.17, 15) is 4.21 Å². The molecule has 0 aliphatic heterocycles. The summed E-state index contributed by atoms with van der Waals surface area (Å²) in [7, 11) is -0.873. The number of hydrogen-bond acceptors (Lipinski definition) is 2. The van der Waals surface area contributed by atoms with Crippen molar-refractivity contribution < 1.29 is 4.21 Å². The second-order valence-corrected chi connectivity index (χ2v) is 6.40. The summed E-state index contributed by atoms with van der Waals surface area (Å²) in [6.45, 7) is 5.48. The van der Waals surface area contributed by atoms with E-state index in [1.165, 1.54) is 0 Å². The molecule has 0 aliphatic carbocycles. The number of benzene rings is 1. The molecule has 1 unspecified atom stereocenters. The summed E-state index contributed by atoms with van der Waals surface area (Å²) >= 11 is 0. The molecule has 1 aromatic rings. The molecule has 0 saturated heterocycles. The SMILES string of the molecule is CC(C)CN=C(N)NCCS(=O)Cc1ccccc1. The maximum atomic E-state index is 11.9. The second-order valence-electron chi connectivity index (χ2n) is 4.82. The Balaban J connectivity index is 2.22. The summed E-state index contributed by atoms with van der Waals surface area (Å²) in [6, 6.07) is 9.86. The molecule has 1 aromatic carbocycles. The van der Waals surface area contributed by atoms with Crippen LogP contribution in [0.3, 0.4) is 0 Å². The molecule has 0 bridgehead atoms. The molecule has 0 radical (unpaired) electrons. The molecule has 0 heterocycles. The van der Waals surface area contributed by atoms with Crippen molar-refractivity contribution in [2.24, 2.45) is 16.6 Å². The Bertz CT molecular complexity index is 418. The lowest BCUT2D eigenvalue weighted by Gasteiger charge is -2.07. The molecule has 0 saturated carbocycles. The molecule has 5 heteroatoms. The fourth-order valence-electron chi connectivity index (χ4n) is 1.46. The van der Waals surface area contributed by atoms with Crippen molar-refractivity contribution in [3.8, 4) is 0 Å². The van der Waals surface area contributed by atoms with Crippen molar-refractivity contribution in [1.29, 1.82) is 0 Å². The van der Waals surface area contributed by atoms with Crippen molar-refractivity contribution in [3.05, 3.63) is 35.9 Å². The average Bonchev–Trinajstić information content (AvgIpc) is 2.37. The van der Waals surface area contributed by atoms with Crippen LogP contribution in [-0.4, -0.2) is 29.0 Å². The molecule has 1 atom stereocenters. The lowest BCUT2D eigenvalue weighted by Crippen LogP contribution is -2.35. The topological polar surface area (TPSA) is 67.5 Å². The maximum Gasteiger partial charge on any atom is 0.188 e. The molecule has 106 valence electrons. The first kappa shape index (κ1) is 15.7. The first-order valence-corrected chi connectivity index (χ1v) is 7.99. The second kappa shape index (κ2) is 8.69. The van der Waals surface area contributed by atoms with Crippen molar-refractivity contribution >= 4 is 16.8 Å². The van der Waals surface area contributed by atoms with Crippen molar-refractivity contribution in [3.63, 3.8) is 0 Å². The van der Waals surface area contributed by atoms with E-state index >= 15 is 0 Å². The molecular formula is C14H23N3OS. The number of nitrogens with zero attached hydrogens (tertiary/aromatic N) is 1. The monoisotopic (exact) mass is 281 g/mol. The van der Waals surface area contributed by atoms with Gasteiger partial charge in [0.15, 0.2) is 5.96 Å². The first-order chi connectivity index (χ1) is 9.08. The zero-order valence-corrected chi connectivity index (χ0v) is 12.5. The Kier molecular flexibility index (Phi) is 7.18. The quantitative estimate of drug-likeness (QED) is 0.588. The van der Waals surface area contributed by atoms with Crippen LogP contribution in [0.2, 0.25) is 0 Å². The van der Waals surface area contributed by atoms with E-state index in [2.05, 4.69) is 24.2 Å². The van der Waals surface area contributed by atoms with Crippen LogP contribution in [0, 0.1) is 5.92 Å². The van der Waals surface area contributed by atoms with Gasteiger partial charge in [-0.2, -0.15) is 0 Å². The molecular weight excluding hydrogens is 258 g/mol. The van der Waals surface area contributed by atoms with Crippen molar-refractivity contribution in [2.45, 2.75) is 19.6 Å². The number of aliphatic imine (C=N–C) groups is 1. The van der Waals surface area contributed by atoms with Gasteiger partial charge in [0.25, 0.3) is 0 Å². The number of guanidine groups is 1. The summed E-state index contributed by atoms with van der Waals surface area (Å²) in [6.07, 6.45) is 0. The van der Waals surface area contributed by atoms with Crippen LogP contribution >= 0.6 is 0 Å². The van der Waals surface area contributed by atoms with Gasteiger partial charge in [0.2, 0.25) is 0 Å². The Morgan fingerprint density at radius 2 is 2.05 bits per heavy atom. The lowest BCUT2D eigenvalue weighted by atomic mass is 10.2. The van der Waals surface area contributed by atoms with E-state index in [0.717, 1.165) is 5.56 Å². The summed E-state index contributed by atoms with van der Waals surface area (Å²) < 4.78 is 11.9. The van der Waals surface area contributed by atoms with Crippen molar-refractivity contribution in [1.82, 2.24) is 5.32 Å². The van der Waals surface area contributed by atoms with Gasteiger partial charge in [0, 0.05) is 35.4 Å². The van der Waals surface area contributed by atoms with Crippen LogP contribution in [0.15, 0.2) is 35.3 Å². The van der Waals surface area contributed by atoms with E-state index < -0.39 is 10.8 Å². The zero-order valence-electron chi connectivity index (χ0n) is 11.6. The van der Waals surface area contributed by atoms with Gasteiger partial charge in [0.1, 0.15) is 0 Å². The molecule has 0 fully saturated rings. The van der Waals surface area contributed by atoms with Gasteiger partial charge >= 0.3 is 0 Å². The minimum atomic E-state index is -0.873. The highest BCUT2D eigenvalue weighted by atomic mass is 32.2. The maximum absolute atomic E-state index is 11.9. The van der Waals surface area contributed by atoms with E-state index in [4.69, 9.17) is 5.73 Å². The van der Waals surface area contributed by atoms with E-state index in [0.29, 0.717) is 36.5 Å². The third-order valence-corrected chi connectivity index (χ3v) is 3.75. The van der Waals surface area contributed by atoms with Crippen molar-refractivity contribution in [2.75, 3.05) is 18.8 Å². The Morgan fingerprint density at radius 1 is 1.37 bits per heavy atom. The fourth-order valence-corrected chi connectivity index (χ4v) is 2.50. The summed E-state index contributed by atoms with van der Waals surface area (Å²) in [4.78, 5) is 4.19. The molecule has 0 amide bonds. The van der Waals surface area contributed by atoms with Crippen LogP contribution < -0.4 is 11.1 Å². The minimum absolute atomic E-state index is 0.436. The van der Waals surface area contributed by atoms with E-state index in [-0.39, 0.29) is 0 Å². The number of rotatable bonds is 7. The number of nitrogens with one attached hydrogen (secondary N) is 1. The van der Waals surface area contributed by atoms with Gasteiger partial charge in [-0.3, -0.25) is 9.20 Å².